The summed E-state index contributed by atoms with van der Waals surface area (Å²) in [6, 6.07) is 0. The van der Waals surface area contributed by atoms with Gasteiger partial charge in [0.1, 0.15) is 0 Å². The molecule has 6 heteroatoms. The van der Waals surface area contributed by atoms with Crippen molar-refractivity contribution in [1.29, 1.82) is 0 Å². The molecule has 3 nitrogen and oxygen atoms in total. The van der Waals surface area contributed by atoms with Gasteiger partial charge in [0.25, 0.3) is 0 Å². The van der Waals surface area contributed by atoms with Crippen molar-refractivity contribution in [2.24, 2.45) is 0 Å². The molecule has 0 bridgehead atoms. The molecule has 0 saturated carbocycles. The zero-order valence-corrected chi connectivity index (χ0v) is 8.14. The fourth-order valence-electron chi connectivity index (χ4n) is 0.0622. The smallest absolute Gasteiger partial charge is 0.284 e. The Morgan fingerprint density at radius 2 is 2.14 bits per heavy atom. The van der Waals surface area contributed by atoms with Crippen molar-refractivity contribution in [2.45, 2.75) is 2.12 Å². The molecule has 7 heavy (non-hydrogen) atoms. The molecule has 44 valence electrons. The van der Waals surface area contributed by atoms with Crippen molar-refractivity contribution in [3.8, 4) is 0 Å². The van der Waals surface area contributed by atoms with Gasteiger partial charge < -0.3 is 0 Å². The maximum Gasteiger partial charge on any atom is 0.303 e. The third-order valence-electron chi connectivity index (χ3n) is 0.155. The van der Waals surface area contributed by atoms with E-state index < -0.39 is 11.4 Å². The quantitative estimate of drug-likeness (QED) is 0.465. The summed E-state index contributed by atoms with van der Waals surface area (Å²) < 4.78 is 21.7. The molecular weight excluding hydrogens is 346 g/mol. The lowest BCUT2D eigenvalue weighted by Crippen LogP contribution is -1.96. The average molecular weight is 348 g/mol. The van der Waals surface area contributed by atoms with Crippen LogP contribution in [0, 0.1) is 0 Å². The van der Waals surface area contributed by atoms with Crippen LogP contribution in [0.5, 0.6) is 0 Å². The maximum atomic E-state index is 9.69. The predicted octanol–water partition coefficient (Wildman–Crippen LogP) is 1.29. The number of hydrogen-bond acceptors (Lipinski definition) is 2. The first kappa shape index (κ1) is 8.53. The highest BCUT2D eigenvalue weighted by Gasteiger charge is 1.98. The third-order valence-corrected chi connectivity index (χ3v) is 1.71. The second kappa shape index (κ2) is 4.41. The van der Waals surface area contributed by atoms with Gasteiger partial charge in [0.2, 0.25) is 0 Å². The lowest BCUT2D eigenvalue weighted by Gasteiger charge is -1.93. The highest BCUT2D eigenvalue weighted by molar-refractivity contribution is 14.2. The van der Waals surface area contributed by atoms with Crippen molar-refractivity contribution in [3.63, 3.8) is 0 Å². The van der Waals surface area contributed by atoms with Crippen LogP contribution in [0.4, 0.5) is 0 Å². The van der Waals surface area contributed by atoms with Gasteiger partial charge >= 0.3 is 11.4 Å². The predicted molar refractivity (Wildman–Crippen MR) is 43.7 cm³/mol. The summed E-state index contributed by atoms with van der Waals surface area (Å²) in [7, 11) is 0. The van der Waals surface area contributed by atoms with E-state index in [0.717, 1.165) is 0 Å². The van der Waals surface area contributed by atoms with E-state index in [1.165, 1.54) is 0 Å². The first-order valence-corrected chi connectivity index (χ1v) is 4.71. The van der Waals surface area contributed by atoms with Gasteiger partial charge in [-0.2, -0.15) is 4.21 Å². The minimum absolute atomic E-state index is 0.235. The Balaban J connectivity index is 3.13. The van der Waals surface area contributed by atoms with E-state index >= 15 is 0 Å². The molecule has 0 amide bonds. The van der Waals surface area contributed by atoms with Gasteiger partial charge in [-0.1, -0.05) is 0 Å². The van der Waals surface area contributed by atoms with Crippen LogP contribution in [0.15, 0.2) is 0 Å². The lowest BCUT2D eigenvalue weighted by atomic mass is 11.8. The van der Waals surface area contributed by atoms with E-state index in [2.05, 4.69) is 4.18 Å². The Morgan fingerprint density at radius 3 is 2.14 bits per heavy atom. The number of halogens is 2. The molecule has 0 heterocycles. The van der Waals surface area contributed by atoms with Crippen LogP contribution in [0.25, 0.3) is 0 Å². The highest BCUT2D eigenvalue weighted by Crippen LogP contribution is 2.11. The average Bonchev–Trinajstić information content (AvgIpc) is 1.27. The standard InChI is InChI=1S/CH2I2O3S/c2-1(3)6-7(4)5/h1H,(H,4,5). The van der Waals surface area contributed by atoms with E-state index in [9.17, 15) is 4.21 Å². The largest absolute Gasteiger partial charge is 0.303 e. The molecule has 1 atom stereocenters. The number of hydrogen-bond donors (Lipinski definition) is 1. The van der Waals surface area contributed by atoms with Crippen molar-refractivity contribution >= 4 is 56.5 Å². The fourth-order valence-corrected chi connectivity index (χ4v) is 1.25. The number of alkyl halides is 2. The van der Waals surface area contributed by atoms with Crippen molar-refractivity contribution in [1.82, 2.24) is 0 Å². The number of rotatable bonds is 2. The van der Waals surface area contributed by atoms with Crippen molar-refractivity contribution < 1.29 is 12.9 Å². The molecule has 0 aliphatic carbocycles. The van der Waals surface area contributed by atoms with Gasteiger partial charge in [0.15, 0.2) is 2.12 Å². The van der Waals surface area contributed by atoms with Crippen LogP contribution in [-0.2, 0) is 15.5 Å². The molecular formula is CH2I2O3S. The van der Waals surface area contributed by atoms with Crippen LogP contribution in [0.3, 0.4) is 0 Å². The summed E-state index contributed by atoms with van der Waals surface area (Å²) in [5.41, 5.74) is 0. The molecule has 0 aromatic carbocycles. The van der Waals surface area contributed by atoms with Crippen LogP contribution in [0.2, 0.25) is 0 Å². The highest BCUT2D eigenvalue weighted by atomic mass is 127. The molecule has 0 radical (unpaired) electrons. The van der Waals surface area contributed by atoms with Crippen molar-refractivity contribution in [2.75, 3.05) is 0 Å². The summed E-state index contributed by atoms with van der Waals surface area (Å²) >= 11 is 1.63. The van der Waals surface area contributed by atoms with Crippen LogP contribution in [-0.4, -0.2) is 10.9 Å². The van der Waals surface area contributed by atoms with Crippen LogP contribution in [0.1, 0.15) is 0 Å². The van der Waals surface area contributed by atoms with Gasteiger partial charge in [0, 0.05) is 0 Å². The van der Waals surface area contributed by atoms with E-state index in [1.54, 1.807) is 0 Å². The monoisotopic (exact) mass is 348 g/mol. The molecule has 0 aliphatic heterocycles. The molecule has 0 rings (SSSR count). The maximum absolute atomic E-state index is 9.69. The first-order chi connectivity index (χ1) is 3.13. The molecule has 1 N–H and O–H groups in total. The van der Waals surface area contributed by atoms with Gasteiger partial charge in [-0.05, 0) is 45.2 Å². The summed E-state index contributed by atoms with van der Waals surface area (Å²) in [5.74, 6) is 0. The minimum Gasteiger partial charge on any atom is -0.284 e. The molecule has 0 fully saturated rings. The summed E-state index contributed by atoms with van der Waals surface area (Å²) in [6.45, 7) is 0. The fraction of sp³-hybridized carbons (Fsp3) is 1.00. The second-order valence-corrected chi connectivity index (χ2v) is 5.85. The molecule has 0 aromatic heterocycles. The van der Waals surface area contributed by atoms with Gasteiger partial charge in [0.05, 0.1) is 0 Å². The zero-order valence-electron chi connectivity index (χ0n) is 3.01. The van der Waals surface area contributed by atoms with Gasteiger partial charge in [-0.25, -0.2) is 4.18 Å². The Hall–Kier alpha value is 1.53. The van der Waals surface area contributed by atoms with E-state index in [0.29, 0.717) is 0 Å². The van der Waals surface area contributed by atoms with E-state index in [1.807, 2.05) is 45.2 Å². The topological polar surface area (TPSA) is 46.5 Å². The SMILES string of the molecule is O=S(O)OC(I)I. The zero-order chi connectivity index (χ0) is 5.86. The molecule has 0 saturated heterocycles. The first-order valence-electron chi connectivity index (χ1n) is 1.19. The van der Waals surface area contributed by atoms with Crippen LogP contribution < -0.4 is 0 Å². The van der Waals surface area contributed by atoms with Gasteiger partial charge in [-0.3, -0.25) is 4.55 Å². The summed E-state index contributed by atoms with van der Waals surface area (Å²) in [4.78, 5) is 0. The Kier molecular flexibility index (Phi) is 5.38. The van der Waals surface area contributed by atoms with Crippen LogP contribution >= 0.6 is 45.2 Å². The van der Waals surface area contributed by atoms with E-state index in [4.69, 9.17) is 4.55 Å². The van der Waals surface area contributed by atoms with Crippen molar-refractivity contribution in [3.05, 3.63) is 0 Å². The normalized spacial score (nSPS) is 14.9. The molecule has 0 spiro atoms. The molecule has 0 aliphatic rings. The third kappa shape index (κ3) is 7.53. The van der Waals surface area contributed by atoms with Gasteiger partial charge in [-0.15, -0.1) is 0 Å². The Bertz CT molecular complexity index is 73.3. The summed E-state index contributed by atoms with van der Waals surface area (Å²) in [6.07, 6.45) is 0. The Morgan fingerprint density at radius 1 is 1.71 bits per heavy atom. The summed E-state index contributed by atoms with van der Waals surface area (Å²) in [5, 5.41) is 0. The second-order valence-electron chi connectivity index (χ2n) is 0.574. The minimum atomic E-state index is -2.11. The van der Waals surface area contributed by atoms with E-state index in [-0.39, 0.29) is 2.12 Å². The molecule has 0 aromatic rings. The molecule has 1 unspecified atom stereocenters. The Labute approximate surface area is 71.0 Å². The lowest BCUT2D eigenvalue weighted by molar-refractivity contribution is 0.362.